The molecule has 2 N–H and O–H groups in total. The molecule has 0 atom stereocenters. The molecule has 0 aliphatic heterocycles. The topological polar surface area (TPSA) is 123 Å². The molecule has 5 rings (SSSR count). The molecule has 1 aromatic heterocycles. The zero-order valence-electron chi connectivity index (χ0n) is 22.6. The molecule has 3 aromatic carbocycles. The van der Waals surface area contributed by atoms with E-state index < -0.39 is 23.8 Å². The number of thiophene rings is 1. The molecule has 0 bridgehead atoms. The molecule has 42 heavy (non-hydrogen) atoms. The van der Waals surface area contributed by atoms with Gasteiger partial charge in [0, 0.05) is 10.4 Å². The number of esters is 2. The largest absolute Gasteiger partial charge is 0.462 e. The number of amides is 2. The summed E-state index contributed by atoms with van der Waals surface area (Å²) in [5.74, 6) is -3.03. The van der Waals surface area contributed by atoms with Crippen molar-refractivity contribution in [3.05, 3.63) is 92.8 Å². The zero-order valence-corrected chi connectivity index (χ0v) is 24.1. The first-order chi connectivity index (χ1) is 20.4. The van der Waals surface area contributed by atoms with Crippen molar-refractivity contribution in [1.82, 2.24) is 5.43 Å². The minimum absolute atomic E-state index is 0.185. The maximum Gasteiger partial charge on any atom is 0.345 e. The van der Waals surface area contributed by atoms with Crippen LogP contribution in [0.25, 0.3) is 10.8 Å². The summed E-state index contributed by atoms with van der Waals surface area (Å²) in [4.78, 5) is 52.0. The van der Waals surface area contributed by atoms with E-state index in [1.165, 1.54) is 17.6 Å². The number of aryl methyl sites for hydroxylation is 1. The van der Waals surface area contributed by atoms with Gasteiger partial charge in [0.05, 0.1) is 29.0 Å². The predicted molar refractivity (Wildman–Crippen MR) is 162 cm³/mol. The molecule has 0 saturated carbocycles. The van der Waals surface area contributed by atoms with Crippen molar-refractivity contribution in [3.63, 3.8) is 0 Å². The third-order valence-electron chi connectivity index (χ3n) is 6.67. The molecule has 1 aliphatic carbocycles. The van der Waals surface area contributed by atoms with E-state index >= 15 is 0 Å². The molecule has 0 unspecified atom stereocenters. The smallest absolute Gasteiger partial charge is 0.345 e. The van der Waals surface area contributed by atoms with Crippen molar-refractivity contribution in [3.8, 4) is 5.75 Å². The third-order valence-corrected chi connectivity index (χ3v) is 8.21. The Morgan fingerprint density at radius 3 is 2.52 bits per heavy atom. The number of nitrogens with one attached hydrogen (secondary N) is 2. The second-order valence-corrected chi connectivity index (χ2v) is 10.9. The summed E-state index contributed by atoms with van der Waals surface area (Å²) < 4.78 is 10.9. The van der Waals surface area contributed by atoms with Crippen molar-refractivity contribution in [2.75, 3.05) is 11.9 Å². The summed E-state index contributed by atoms with van der Waals surface area (Å²) in [6.07, 6.45) is 4.73. The molecule has 0 fully saturated rings. The third kappa shape index (κ3) is 6.19. The second kappa shape index (κ2) is 13.0. The predicted octanol–water partition coefficient (Wildman–Crippen LogP) is 5.92. The summed E-state index contributed by atoms with van der Waals surface area (Å²) in [7, 11) is 0. The van der Waals surface area contributed by atoms with Crippen LogP contribution in [0.15, 0.2) is 65.8 Å². The highest BCUT2D eigenvalue weighted by molar-refractivity contribution is 7.17. The number of carbonyl (C=O) groups is 4. The number of hydrogen-bond donors (Lipinski definition) is 2. The first kappa shape index (κ1) is 29.0. The van der Waals surface area contributed by atoms with E-state index in [4.69, 9.17) is 21.1 Å². The van der Waals surface area contributed by atoms with Gasteiger partial charge in [-0.25, -0.2) is 15.0 Å². The molecule has 0 saturated heterocycles. The van der Waals surface area contributed by atoms with Crippen LogP contribution in [0.1, 0.15) is 56.5 Å². The van der Waals surface area contributed by atoms with Crippen LogP contribution in [0.3, 0.4) is 0 Å². The molecule has 9 nitrogen and oxygen atoms in total. The van der Waals surface area contributed by atoms with Crippen LogP contribution in [-0.2, 0) is 27.2 Å². The minimum Gasteiger partial charge on any atom is -0.462 e. The Bertz CT molecular complexity index is 1730. The number of nitrogens with zero attached hydrogens (tertiary/aromatic N) is 1. The van der Waals surface area contributed by atoms with Gasteiger partial charge in [-0.1, -0.05) is 54.1 Å². The molecular formula is C31H26ClN3O6S. The summed E-state index contributed by atoms with van der Waals surface area (Å²) in [5.41, 5.74) is 3.99. The van der Waals surface area contributed by atoms with E-state index in [0.717, 1.165) is 35.1 Å². The van der Waals surface area contributed by atoms with Gasteiger partial charge in [0.2, 0.25) is 0 Å². The van der Waals surface area contributed by atoms with Crippen molar-refractivity contribution in [2.45, 2.75) is 32.6 Å². The standard InChI is InChI=1S/C31H26ClN3O6S/c1-2-40-31(39)26-21-12-6-8-14-25(21)42-29(26)34-27(36)28(37)35-33-17-22-19-10-4-3-9-18(19)15-16-24(22)41-30(38)20-11-5-7-13-23(20)32/h3-5,7,9-11,13,15-17H,2,6,8,12,14H2,1H3,(H,34,36)(H,35,37). The van der Waals surface area contributed by atoms with Crippen LogP contribution < -0.4 is 15.5 Å². The fourth-order valence-corrected chi connectivity index (χ4v) is 6.20. The van der Waals surface area contributed by atoms with Crippen LogP contribution in [0, 0.1) is 0 Å². The lowest BCUT2D eigenvalue weighted by Gasteiger charge is -2.12. The van der Waals surface area contributed by atoms with Gasteiger partial charge in [0.1, 0.15) is 10.8 Å². The monoisotopic (exact) mass is 603 g/mol. The Balaban J connectivity index is 1.35. The van der Waals surface area contributed by atoms with Crippen molar-refractivity contribution >= 4 is 68.7 Å². The number of carbonyl (C=O) groups excluding carboxylic acids is 4. The fourth-order valence-electron chi connectivity index (χ4n) is 4.72. The number of hydrazone groups is 1. The van der Waals surface area contributed by atoms with Crippen LogP contribution in [-0.4, -0.2) is 36.6 Å². The SMILES string of the molecule is CCOC(=O)c1c(NC(=O)C(=O)NN=Cc2c(OC(=O)c3ccccc3Cl)ccc3ccccc23)sc2c1CCCC2. The van der Waals surface area contributed by atoms with Gasteiger partial charge >= 0.3 is 23.8 Å². The molecule has 1 heterocycles. The Hall–Kier alpha value is -4.54. The average Bonchev–Trinajstić information content (AvgIpc) is 3.36. The number of anilines is 1. The minimum atomic E-state index is -1.04. The van der Waals surface area contributed by atoms with Gasteiger partial charge in [-0.05, 0) is 67.1 Å². The van der Waals surface area contributed by atoms with E-state index in [-0.39, 0.29) is 27.9 Å². The highest BCUT2D eigenvalue weighted by Gasteiger charge is 2.28. The van der Waals surface area contributed by atoms with Gasteiger partial charge < -0.3 is 14.8 Å². The van der Waals surface area contributed by atoms with E-state index in [1.807, 2.05) is 24.3 Å². The zero-order chi connectivity index (χ0) is 29.6. The van der Waals surface area contributed by atoms with E-state index in [0.29, 0.717) is 22.9 Å². The lowest BCUT2D eigenvalue weighted by molar-refractivity contribution is -0.136. The molecule has 4 aromatic rings. The lowest BCUT2D eigenvalue weighted by Crippen LogP contribution is -2.32. The molecule has 0 spiro atoms. The van der Waals surface area contributed by atoms with E-state index in [2.05, 4.69) is 15.8 Å². The van der Waals surface area contributed by atoms with E-state index in [9.17, 15) is 19.2 Å². The Morgan fingerprint density at radius 2 is 1.71 bits per heavy atom. The van der Waals surface area contributed by atoms with Gasteiger partial charge in [-0.3, -0.25) is 9.59 Å². The first-order valence-corrected chi connectivity index (χ1v) is 14.5. The summed E-state index contributed by atoms with van der Waals surface area (Å²) >= 11 is 7.44. The highest BCUT2D eigenvalue weighted by atomic mass is 35.5. The summed E-state index contributed by atoms with van der Waals surface area (Å²) in [6, 6.07) is 17.3. The Kier molecular flexibility index (Phi) is 8.94. The van der Waals surface area contributed by atoms with Crippen molar-refractivity contribution in [1.29, 1.82) is 0 Å². The molecule has 2 amide bonds. The quantitative estimate of drug-likeness (QED) is 0.0889. The van der Waals surface area contributed by atoms with Crippen LogP contribution in [0.2, 0.25) is 5.02 Å². The number of hydrogen-bond acceptors (Lipinski definition) is 8. The van der Waals surface area contributed by atoms with Gasteiger partial charge in [0.15, 0.2) is 0 Å². The average molecular weight is 604 g/mol. The lowest BCUT2D eigenvalue weighted by atomic mass is 9.95. The number of ether oxygens (including phenoxy) is 2. The molecule has 11 heteroatoms. The first-order valence-electron chi connectivity index (χ1n) is 13.3. The van der Waals surface area contributed by atoms with Crippen molar-refractivity contribution < 1.29 is 28.7 Å². The number of fused-ring (bicyclic) bond motifs is 2. The molecule has 1 aliphatic rings. The van der Waals surface area contributed by atoms with Crippen LogP contribution in [0.4, 0.5) is 5.00 Å². The van der Waals surface area contributed by atoms with E-state index in [1.54, 1.807) is 43.3 Å². The molecule has 0 radical (unpaired) electrons. The molecular weight excluding hydrogens is 578 g/mol. The number of rotatable bonds is 7. The van der Waals surface area contributed by atoms with Gasteiger partial charge in [-0.2, -0.15) is 5.10 Å². The van der Waals surface area contributed by atoms with Crippen LogP contribution >= 0.6 is 22.9 Å². The Morgan fingerprint density at radius 1 is 0.952 bits per heavy atom. The summed E-state index contributed by atoms with van der Waals surface area (Å²) in [5, 5.41) is 8.60. The highest BCUT2D eigenvalue weighted by Crippen LogP contribution is 2.38. The maximum atomic E-state index is 12.9. The number of halogens is 1. The van der Waals surface area contributed by atoms with Gasteiger partial charge in [-0.15, -0.1) is 11.3 Å². The fraction of sp³-hybridized carbons (Fsp3) is 0.194. The maximum absolute atomic E-state index is 12.9. The second-order valence-electron chi connectivity index (χ2n) is 9.36. The van der Waals surface area contributed by atoms with Gasteiger partial charge in [0.25, 0.3) is 0 Å². The molecule has 214 valence electrons. The normalized spacial score (nSPS) is 12.5. The van der Waals surface area contributed by atoms with Crippen LogP contribution in [0.5, 0.6) is 5.75 Å². The number of benzene rings is 3. The van der Waals surface area contributed by atoms with Crippen molar-refractivity contribution in [2.24, 2.45) is 5.10 Å². The summed E-state index contributed by atoms with van der Waals surface area (Å²) in [6.45, 7) is 1.90. The Labute approximate surface area is 250 Å².